The highest BCUT2D eigenvalue weighted by atomic mass is 19.4. The van der Waals surface area contributed by atoms with E-state index in [9.17, 15) is 23.2 Å². The van der Waals surface area contributed by atoms with Crippen molar-refractivity contribution in [3.63, 3.8) is 0 Å². The van der Waals surface area contributed by atoms with Gasteiger partial charge in [0.1, 0.15) is 28.8 Å². The van der Waals surface area contributed by atoms with Gasteiger partial charge in [0.2, 0.25) is 0 Å². The van der Waals surface area contributed by atoms with Gasteiger partial charge in [0, 0.05) is 35.8 Å². The molecule has 2 aliphatic carbocycles. The Hall–Kier alpha value is -4.14. The Kier molecular flexibility index (Phi) is 5.33. The molecule has 9 nitrogen and oxygen atoms in total. The molecule has 2 saturated carbocycles. The number of nitriles is 1. The molecule has 2 aliphatic rings. The smallest absolute Gasteiger partial charge is 0.310 e. The van der Waals surface area contributed by atoms with Crippen LogP contribution in [0.3, 0.4) is 0 Å². The zero-order chi connectivity index (χ0) is 25.9. The van der Waals surface area contributed by atoms with E-state index < -0.39 is 23.5 Å². The quantitative estimate of drug-likeness (QED) is 0.427. The van der Waals surface area contributed by atoms with Gasteiger partial charge in [-0.25, -0.2) is 19.6 Å². The maximum atomic E-state index is 13.1. The van der Waals surface area contributed by atoms with E-state index in [1.54, 1.807) is 13.1 Å². The summed E-state index contributed by atoms with van der Waals surface area (Å²) in [4.78, 5) is 33.4. The maximum absolute atomic E-state index is 13.1. The fourth-order valence-corrected chi connectivity index (χ4v) is 4.86. The molecule has 188 valence electrons. The van der Waals surface area contributed by atoms with Gasteiger partial charge in [-0.15, -0.1) is 0 Å². The number of hydrogen-bond donors (Lipinski definition) is 1. The number of nitrogens with zero attached hydrogens (tertiary/aromatic N) is 7. The van der Waals surface area contributed by atoms with E-state index in [0.717, 1.165) is 49.5 Å². The van der Waals surface area contributed by atoms with Crippen molar-refractivity contribution in [3.8, 4) is 6.07 Å². The molecular weight excluding hydrogens is 485 g/mol. The molecule has 0 saturated heterocycles. The van der Waals surface area contributed by atoms with Crippen molar-refractivity contribution >= 4 is 11.0 Å². The summed E-state index contributed by atoms with van der Waals surface area (Å²) in [6, 6.07) is 5.44. The van der Waals surface area contributed by atoms with E-state index in [1.165, 1.54) is 10.7 Å². The largest absolute Gasteiger partial charge is 0.433 e. The minimum atomic E-state index is -4.56. The van der Waals surface area contributed by atoms with Crippen molar-refractivity contribution in [2.75, 3.05) is 0 Å². The second-order valence-electron chi connectivity index (χ2n) is 9.61. The van der Waals surface area contributed by atoms with Gasteiger partial charge in [-0.05, 0) is 50.3 Å². The lowest BCUT2D eigenvalue weighted by Gasteiger charge is -2.34. The molecule has 1 N–H and O–H groups in total. The highest BCUT2D eigenvalue weighted by molar-refractivity contribution is 5.80. The Balaban J connectivity index is 1.38. The van der Waals surface area contributed by atoms with Crippen LogP contribution in [-0.4, -0.2) is 34.7 Å². The Morgan fingerprint density at radius 3 is 2.51 bits per heavy atom. The van der Waals surface area contributed by atoms with Crippen LogP contribution in [0.25, 0.3) is 11.0 Å². The van der Waals surface area contributed by atoms with E-state index in [4.69, 9.17) is 9.97 Å². The topological polar surface area (TPSA) is 126 Å². The molecule has 4 aromatic heterocycles. The highest BCUT2D eigenvalue weighted by Gasteiger charge is 2.39. The van der Waals surface area contributed by atoms with Crippen LogP contribution in [0.4, 0.5) is 13.2 Å². The van der Waals surface area contributed by atoms with E-state index in [0.29, 0.717) is 17.3 Å². The number of rotatable bonds is 5. The summed E-state index contributed by atoms with van der Waals surface area (Å²) < 4.78 is 40.2. The maximum Gasteiger partial charge on any atom is 0.433 e. The van der Waals surface area contributed by atoms with Crippen LogP contribution >= 0.6 is 0 Å². The molecule has 4 aromatic rings. The van der Waals surface area contributed by atoms with Crippen LogP contribution < -0.4 is 5.56 Å². The van der Waals surface area contributed by atoms with E-state index in [-0.39, 0.29) is 28.6 Å². The van der Waals surface area contributed by atoms with E-state index in [2.05, 4.69) is 20.1 Å². The average Bonchev–Trinajstić information content (AvgIpc) is 3.64. The first-order valence-electron chi connectivity index (χ1n) is 12.0. The molecule has 12 heteroatoms. The first-order chi connectivity index (χ1) is 17.7. The van der Waals surface area contributed by atoms with Crippen molar-refractivity contribution in [1.29, 1.82) is 5.26 Å². The van der Waals surface area contributed by atoms with Crippen LogP contribution in [-0.2, 0) is 6.18 Å². The second-order valence-corrected chi connectivity index (χ2v) is 9.61. The summed E-state index contributed by atoms with van der Waals surface area (Å²) in [6.45, 7) is 1.70. The molecule has 0 bridgehead atoms. The van der Waals surface area contributed by atoms with Crippen LogP contribution in [0.15, 0.2) is 35.4 Å². The second kappa shape index (κ2) is 8.47. The molecule has 6 rings (SSSR count). The predicted molar refractivity (Wildman–Crippen MR) is 125 cm³/mol. The van der Waals surface area contributed by atoms with Crippen LogP contribution in [0.5, 0.6) is 0 Å². The predicted octanol–water partition coefficient (Wildman–Crippen LogP) is 4.34. The molecule has 0 radical (unpaired) electrons. The molecule has 2 fully saturated rings. The molecule has 0 aliphatic heterocycles. The van der Waals surface area contributed by atoms with Gasteiger partial charge in [-0.1, -0.05) is 6.07 Å². The van der Waals surface area contributed by atoms with Gasteiger partial charge >= 0.3 is 6.18 Å². The van der Waals surface area contributed by atoms with Crippen LogP contribution in [0.1, 0.15) is 90.7 Å². The van der Waals surface area contributed by atoms with Gasteiger partial charge in [-0.3, -0.25) is 9.78 Å². The van der Waals surface area contributed by atoms with Crippen molar-refractivity contribution in [2.24, 2.45) is 0 Å². The summed E-state index contributed by atoms with van der Waals surface area (Å²) in [5.41, 5.74) is 0.0698. The number of aromatic amines is 1. The molecule has 37 heavy (non-hydrogen) atoms. The zero-order valence-corrected chi connectivity index (χ0v) is 19.7. The lowest BCUT2D eigenvalue weighted by Crippen LogP contribution is -2.28. The summed E-state index contributed by atoms with van der Waals surface area (Å²) in [5.74, 6) is 1.58. The van der Waals surface area contributed by atoms with Gasteiger partial charge in [0.05, 0.1) is 6.04 Å². The van der Waals surface area contributed by atoms with Crippen molar-refractivity contribution < 1.29 is 13.2 Å². The number of alkyl halides is 3. The molecule has 4 heterocycles. The lowest BCUT2D eigenvalue weighted by atomic mass is 9.72. The summed E-state index contributed by atoms with van der Waals surface area (Å²) in [7, 11) is 0. The Morgan fingerprint density at radius 1 is 1.11 bits per heavy atom. The number of hydrogen-bond acceptors (Lipinski definition) is 7. The first-order valence-corrected chi connectivity index (χ1v) is 12.0. The van der Waals surface area contributed by atoms with Crippen molar-refractivity contribution in [3.05, 3.63) is 75.2 Å². The monoisotopic (exact) mass is 506 g/mol. The number of H-pyrrole nitrogens is 1. The van der Waals surface area contributed by atoms with Gasteiger partial charge in [-0.2, -0.15) is 23.5 Å². The average molecular weight is 506 g/mol. The van der Waals surface area contributed by atoms with Crippen LogP contribution in [0.2, 0.25) is 0 Å². The fourth-order valence-electron chi connectivity index (χ4n) is 4.86. The summed E-state index contributed by atoms with van der Waals surface area (Å²) >= 11 is 0. The summed E-state index contributed by atoms with van der Waals surface area (Å²) in [5, 5.41) is 13.9. The fraction of sp³-hybridized carbons (Fsp3) is 0.400. The van der Waals surface area contributed by atoms with Gasteiger partial charge in [0.25, 0.3) is 5.56 Å². The Bertz CT molecular complexity index is 1600. The summed E-state index contributed by atoms with van der Waals surface area (Å²) in [6.07, 6.45) is 2.25. The number of aromatic nitrogens is 7. The third kappa shape index (κ3) is 4.04. The Labute approximate surface area is 208 Å². The number of pyridine rings is 1. The third-order valence-corrected chi connectivity index (χ3v) is 7.26. The normalized spacial score (nSPS) is 20.4. The van der Waals surface area contributed by atoms with Gasteiger partial charge < -0.3 is 4.98 Å². The number of halogens is 3. The van der Waals surface area contributed by atoms with E-state index >= 15 is 0 Å². The van der Waals surface area contributed by atoms with Crippen molar-refractivity contribution in [1.82, 2.24) is 34.7 Å². The van der Waals surface area contributed by atoms with Crippen molar-refractivity contribution in [2.45, 2.75) is 62.6 Å². The molecule has 0 aromatic carbocycles. The van der Waals surface area contributed by atoms with E-state index in [1.807, 2.05) is 12.1 Å². The molecule has 1 unspecified atom stereocenters. The molecular formula is C25H21F3N8O. The lowest BCUT2D eigenvalue weighted by molar-refractivity contribution is -0.141. The number of fused-ring (bicyclic) bond motifs is 1. The minimum Gasteiger partial charge on any atom is -0.310 e. The standard InChI is InChI=1S/C25H21F3N8O/c1-12(14-4-7-19(31-11-14)25(26,27)28)36-23-20(18(10-29)35-36)24(37)34-22(33-23)16-6-5-15(16)21-30-9-8-17(32-21)13-2-3-13/h4,7-9,11-13,15-16H,2-3,5-6H2,1H3,(H,33,34,37)/t12-,15?,16-/m0/s1. The first kappa shape index (κ1) is 23.3. The number of nitrogens with one attached hydrogen (secondary N) is 1. The highest BCUT2D eigenvalue weighted by Crippen LogP contribution is 2.47. The van der Waals surface area contributed by atoms with Gasteiger partial charge in [0.15, 0.2) is 11.3 Å². The minimum absolute atomic E-state index is 0.00245. The molecule has 0 amide bonds. The third-order valence-electron chi connectivity index (χ3n) is 7.26. The van der Waals surface area contributed by atoms with Crippen LogP contribution in [0, 0.1) is 11.3 Å². The molecule has 0 spiro atoms. The Morgan fingerprint density at radius 2 is 1.89 bits per heavy atom. The SMILES string of the molecule is C[C@@H](c1ccc(C(F)(F)F)nc1)n1nc(C#N)c2c(=O)[nH]c([C@H]3CCC3c3nccc(C4CC4)n3)nc21. The zero-order valence-electron chi connectivity index (χ0n) is 19.7. The molecule has 3 atom stereocenters.